The predicted octanol–water partition coefficient (Wildman–Crippen LogP) is 5.99. The second-order valence-corrected chi connectivity index (χ2v) is 9.90. The minimum absolute atomic E-state index is 0.0753. The van der Waals surface area contributed by atoms with Crippen LogP contribution >= 0.6 is 27.7 Å². The van der Waals surface area contributed by atoms with Gasteiger partial charge in [-0.2, -0.15) is 11.8 Å². The van der Waals surface area contributed by atoms with Crippen LogP contribution in [0.5, 0.6) is 0 Å². The fourth-order valence-electron chi connectivity index (χ4n) is 3.59. The van der Waals surface area contributed by atoms with E-state index in [4.69, 9.17) is 9.47 Å². The van der Waals surface area contributed by atoms with Gasteiger partial charge < -0.3 is 9.47 Å². The Morgan fingerprint density at radius 3 is 2.53 bits per heavy atom. The number of hydrogen-bond donors (Lipinski definition) is 0. The van der Waals surface area contributed by atoms with Crippen molar-refractivity contribution in [2.24, 2.45) is 5.41 Å². The molecule has 1 saturated carbocycles. The van der Waals surface area contributed by atoms with E-state index in [-0.39, 0.29) is 22.6 Å². The first-order valence-electron chi connectivity index (χ1n) is 10.1. The number of ether oxygens (including phenoxy) is 2. The van der Waals surface area contributed by atoms with Gasteiger partial charge in [0.15, 0.2) is 0 Å². The Hall–Kier alpha value is -1.79. The zero-order chi connectivity index (χ0) is 21.6. The first kappa shape index (κ1) is 22.9. The molecule has 0 bridgehead atoms. The third-order valence-corrected chi connectivity index (χ3v) is 7.80. The molecule has 0 aromatic heterocycles. The van der Waals surface area contributed by atoms with Crippen molar-refractivity contribution in [3.8, 4) is 0 Å². The number of thioether (sulfide) groups is 1. The fourth-order valence-corrected chi connectivity index (χ4v) is 5.58. The Morgan fingerprint density at radius 2 is 1.87 bits per heavy atom. The molecule has 160 valence electrons. The summed E-state index contributed by atoms with van der Waals surface area (Å²) in [5.41, 5.74) is 2.95. The topological polar surface area (TPSA) is 52.6 Å². The molecule has 0 heterocycles. The van der Waals surface area contributed by atoms with Crippen molar-refractivity contribution in [1.29, 1.82) is 0 Å². The van der Waals surface area contributed by atoms with Crippen LogP contribution in [-0.4, -0.2) is 31.9 Å². The monoisotopic (exact) mass is 490 g/mol. The Morgan fingerprint density at radius 1 is 1.10 bits per heavy atom. The largest absolute Gasteiger partial charge is 0.469 e. The highest BCUT2D eigenvalue weighted by molar-refractivity contribution is 9.10. The standard InChI is InChI=1S/C24H27BrO4S/c1-28-22(26)15-24(12-13-24)16-30-21(18-7-5-8-19(25)14-18)11-10-17-6-3-4-9-20(17)23(27)29-2/h3-9,14,21H,10-13,15-16H2,1-2H3/t21-/m1/s1. The summed E-state index contributed by atoms with van der Waals surface area (Å²) in [5.74, 6) is 0.504. The number of carbonyl (C=O) groups excluding carboxylic acids is 2. The minimum Gasteiger partial charge on any atom is -0.469 e. The number of methoxy groups -OCH3 is 2. The van der Waals surface area contributed by atoms with E-state index >= 15 is 0 Å². The molecular formula is C24H27BrO4S. The van der Waals surface area contributed by atoms with Crippen molar-refractivity contribution < 1.29 is 19.1 Å². The highest BCUT2D eigenvalue weighted by Gasteiger charge is 2.45. The molecule has 0 saturated heterocycles. The third kappa shape index (κ3) is 6.11. The lowest BCUT2D eigenvalue weighted by Crippen LogP contribution is -2.14. The number of halogens is 1. The molecule has 0 aliphatic heterocycles. The van der Waals surface area contributed by atoms with E-state index < -0.39 is 0 Å². The molecular weight excluding hydrogens is 464 g/mol. The molecule has 1 aliphatic rings. The lowest BCUT2D eigenvalue weighted by molar-refractivity contribution is -0.141. The molecule has 4 nitrogen and oxygen atoms in total. The molecule has 1 aliphatic carbocycles. The van der Waals surface area contributed by atoms with E-state index in [0.29, 0.717) is 12.0 Å². The number of carbonyl (C=O) groups is 2. The van der Waals surface area contributed by atoms with Gasteiger partial charge in [0.25, 0.3) is 0 Å². The summed E-state index contributed by atoms with van der Waals surface area (Å²) in [4.78, 5) is 23.9. The number of hydrogen-bond acceptors (Lipinski definition) is 5. The smallest absolute Gasteiger partial charge is 0.338 e. The average molecular weight is 491 g/mol. The molecule has 3 rings (SSSR count). The maximum absolute atomic E-state index is 12.1. The lowest BCUT2D eigenvalue weighted by atomic mass is 9.99. The molecule has 0 radical (unpaired) electrons. The summed E-state index contributed by atoms with van der Waals surface area (Å²) < 4.78 is 10.9. The van der Waals surface area contributed by atoms with Crippen LogP contribution in [0.3, 0.4) is 0 Å². The Kier molecular flexibility index (Phi) is 8.00. The van der Waals surface area contributed by atoms with Crippen LogP contribution in [0.1, 0.15) is 52.4 Å². The van der Waals surface area contributed by atoms with Gasteiger partial charge in [0.2, 0.25) is 0 Å². The molecule has 2 aromatic rings. The van der Waals surface area contributed by atoms with Gasteiger partial charge in [-0.3, -0.25) is 4.79 Å². The van der Waals surface area contributed by atoms with Crippen LogP contribution < -0.4 is 0 Å². The molecule has 0 N–H and O–H groups in total. The normalized spacial score (nSPS) is 15.3. The Bertz CT molecular complexity index is 894. The molecule has 6 heteroatoms. The van der Waals surface area contributed by atoms with Gasteiger partial charge in [0, 0.05) is 15.5 Å². The maximum atomic E-state index is 12.1. The van der Waals surface area contributed by atoms with Crippen LogP contribution in [0.25, 0.3) is 0 Å². The average Bonchev–Trinajstić information content (AvgIpc) is 3.52. The van der Waals surface area contributed by atoms with Crippen molar-refractivity contribution in [2.75, 3.05) is 20.0 Å². The fraction of sp³-hybridized carbons (Fsp3) is 0.417. The van der Waals surface area contributed by atoms with E-state index in [2.05, 4.69) is 34.1 Å². The molecule has 2 aromatic carbocycles. The van der Waals surface area contributed by atoms with Crippen molar-refractivity contribution >= 4 is 39.6 Å². The second kappa shape index (κ2) is 10.5. The summed E-state index contributed by atoms with van der Waals surface area (Å²) >= 11 is 5.48. The van der Waals surface area contributed by atoms with Gasteiger partial charge in [-0.25, -0.2) is 4.79 Å². The summed E-state index contributed by atoms with van der Waals surface area (Å²) in [6, 6.07) is 16.0. The minimum atomic E-state index is -0.299. The van der Waals surface area contributed by atoms with Crippen LogP contribution in [0, 0.1) is 5.41 Å². The Labute approximate surface area is 190 Å². The van der Waals surface area contributed by atoms with Crippen molar-refractivity contribution in [2.45, 2.75) is 37.4 Å². The van der Waals surface area contributed by atoms with Gasteiger partial charge in [-0.15, -0.1) is 0 Å². The zero-order valence-corrected chi connectivity index (χ0v) is 19.8. The van der Waals surface area contributed by atoms with E-state index in [0.717, 1.165) is 41.5 Å². The van der Waals surface area contributed by atoms with Gasteiger partial charge in [-0.1, -0.05) is 46.3 Å². The zero-order valence-electron chi connectivity index (χ0n) is 17.4. The van der Waals surface area contributed by atoms with Crippen LogP contribution in [0.4, 0.5) is 0 Å². The molecule has 1 atom stereocenters. The van der Waals surface area contributed by atoms with Gasteiger partial charge in [-0.05, 0) is 60.4 Å². The van der Waals surface area contributed by atoms with Crippen LogP contribution in [0.2, 0.25) is 0 Å². The Balaban J connectivity index is 1.73. The first-order valence-corrected chi connectivity index (χ1v) is 11.9. The van der Waals surface area contributed by atoms with Crippen LogP contribution in [0.15, 0.2) is 53.0 Å². The number of aryl methyl sites for hydroxylation is 1. The van der Waals surface area contributed by atoms with E-state index in [9.17, 15) is 9.59 Å². The number of benzene rings is 2. The summed E-state index contributed by atoms with van der Waals surface area (Å²) in [6.45, 7) is 0. The highest BCUT2D eigenvalue weighted by atomic mass is 79.9. The highest BCUT2D eigenvalue weighted by Crippen LogP contribution is 2.53. The number of rotatable bonds is 10. The second-order valence-electron chi connectivity index (χ2n) is 7.79. The van der Waals surface area contributed by atoms with E-state index in [1.807, 2.05) is 42.1 Å². The van der Waals surface area contributed by atoms with Gasteiger partial charge >= 0.3 is 11.9 Å². The SMILES string of the molecule is COC(=O)CC1(CS[C@H](CCc2ccccc2C(=O)OC)c2cccc(Br)c2)CC1. The van der Waals surface area contributed by atoms with E-state index in [1.54, 1.807) is 0 Å². The van der Waals surface area contributed by atoms with E-state index in [1.165, 1.54) is 19.8 Å². The van der Waals surface area contributed by atoms with Crippen molar-refractivity contribution in [1.82, 2.24) is 0 Å². The maximum Gasteiger partial charge on any atom is 0.338 e. The molecule has 0 spiro atoms. The van der Waals surface area contributed by atoms with Crippen LogP contribution in [-0.2, 0) is 20.7 Å². The quantitative estimate of drug-likeness (QED) is 0.383. The summed E-state index contributed by atoms with van der Waals surface area (Å²) in [5, 5.41) is 0.267. The van der Waals surface area contributed by atoms with Gasteiger partial charge in [0.05, 0.1) is 26.2 Å². The third-order valence-electron chi connectivity index (χ3n) is 5.61. The molecule has 0 amide bonds. The predicted molar refractivity (Wildman–Crippen MR) is 124 cm³/mol. The summed E-state index contributed by atoms with van der Waals surface area (Å²) in [7, 11) is 2.87. The summed E-state index contributed by atoms with van der Waals surface area (Å²) in [6.07, 6.45) is 4.31. The van der Waals surface area contributed by atoms with Crippen molar-refractivity contribution in [3.05, 3.63) is 69.7 Å². The molecule has 30 heavy (non-hydrogen) atoms. The van der Waals surface area contributed by atoms with Crippen molar-refractivity contribution in [3.63, 3.8) is 0 Å². The van der Waals surface area contributed by atoms with Gasteiger partial charge in [0.1, 0.15) is 0 Å². The number of esters is 2. The molecule has 0 unspecified atom stereocenters. The first-order chi connectivity index (χ1) is 14.5. The lowest BCUT2D eigenvalue weighted by Gasteiger charge is -2.21. The molecule has 1 fully saturated rings.